The third kappa shape index (κ3) is 4.35. The number of aryl methyl sites for hydroxylation is 1. The number of carboxylic acid groups (broad SMARTS) is 1. The maximum atomic E-state index is 13.8. The van der Waals surface area contributed by atoms with Crippen molar-refractivity contribution in [3.05, 3.63) is 40.7 Å². The number of hydrogen-bond acceptors (Lipinski definition) is 5. The summed E-state index contributed by atoms with van der Waals surface area (Å²) in [4.78, 5) is 38.3. The largest absolute Gasteiger partial charge is 0.480 e. The van der Waals surface area contributed by atoms with Crippen LogP contribution in [0.4, 0.5) is 4.39 Å². The SMILES string of the molecule is Cc1nc(-c2ccccc2F)sc1C(=O)NCC(=O)NCC(=O)O. The van der Waals surface area contributed by atoms with Gasteiger partial charge in [0.15, 0.2) is 0 Å². The fourth-order valence-corrected chi connectivity index (χ4v) is 2.84. The molecule has 0 radical (unpaired) electrons. The van der Waals surface area contributed by atoms with Crippen LogP contribution in [0.1, 0.15) is 15.4 Å². The summed E-state index contributed by atoms with van der Waals surface area (Å²) in [6, 6.07) is 6.09. The molecule has 2 rings (SSSR count). The van der Waals surface area contributed by atoms with Crippen molar-refractivity contribution in [1.82, 2.24) is 15.6 Å². The molecule has 126 valence electrons. The zero-order valence-electron chi connectivity index (χ0n) is 12.6. The van der Waals surface area contributed by atoms with Crippen molar-refractivity contribution in [3.63, 3.8) is 0 Å². The Bertz CT molecular complexity index is 791. The van der Waals surface area contributed by atoms with E-state index in [-0.39, 0.29) is 11.4 Å². The standard InChI is InChI=1S/C15H14FN3O4S/c1-8-13(14(23)18-6-11(20)17-7-12(21)22)24-15(19-8)9-4-2-3-5-10(9)16/h2-5H,6-7H2,1H3,(H,17,20)(H,18,23)(H,21,22). The van der Waals surface area contributed by atoms with E-state index in [9.17, 15) is 18.8 Å². The number of benzene rings is 1. The molecule has 1 heterocycles. The molecule has 7 nitrogen and oxygen atoms in total. The lowest BCUT2D eigenvalue weighted by Crippen LogP contribution is -2.38. The molecule has 3 N–H and O–H groups in total. The van der Waals surface area contributed by atoms with Crippen LogP contribution in [0, 0.1) is 12.7 Å². The van der Waals surface area contributed by atoms with Gasteiger partial charge in [-0.25, -0.2) is 9.37 Å². The van der Waals surface area contributed by atoms with Crippen LogP contribution in [0.15, 0.2) is 24.3 Å². The Morgan fingerprint density at radius 1 is 1.21 bits per heavy atom. The molecule has 24 heavy (non-hydrogen) atoms. The van der Waals surface area contributed by atoms with E-state index in [4.69, 9.17) is 5.11 Å². The molecule has 0 atom stereocenters. The molecule has 0 unspecified atom stereocenters. The average Bonchev–Trinajstić information content (AvgIpc) is 2.92. The zero-order chi connectivity index (χ0) is 17.7. The molecule has 0 bridgehead atoms. The fourth-order valence-electron chi connectivity index (χ4n) is 1.83. The minimum Gasteiger partial charge on any atom is -0.480 e. The highest BCUT2D eigenvalue weighted by Crippen LogP contribution is 2.29. The first kappa shape index (κ1) is 17.5. The van der Waals surface area contributed by atoms with Crippen LogP contribution in [0.5, 0.6) is 0 Å². The van der Waals surface area contributed by atoms with E-state index in [0.29, 0.717) is 16.3 Å². The smallest absolute Gasteiger partial charge is 0.322 e. The summed E-state index contributed by atoms with van der Waals surface area (Å²) in [5.41, 5.74) is 0.713. The average molecular weight is 351 g/mol. The molecule has 0 fully saturated rings. The number of rotatable bonds is 6. The molecule has 2 aromatic rings. The molecular weight excluding hydrogens is 337 g/mol. The van der Waals surface area contributed by atoms with E-state index < -0.39 is 30.1 Å². The Hall–Kier alpha value is -2.81. The molecule has 0 saturated carbocycles. The molecule has 1 aromatic carbocycles. The van der Waals surface area contributed by atoms with E-state index in [0.717, 1.165) is 11.3 Å². The van der Waals surface area contributed by atoms with E-state index in [2.05, 4.69) is 15.6 Å². The van der Waals surface area contributed by atoms with E-state index in [1.807, 2.05) is 0 Å². The maximum absolute atomic E-state index is 13.8. The van der Waals surface area contributed by atoms with Crippen molar-refractivity contribution >= 4 is 29.1 Å². The molecule has 2 amide bonds. The van der Waals surface area contributed by atoms with Gasteiger partial charge in [-0.2, -0.15) is 0 Å². The van der Waals surface area contributed by atoms with E-state index >= 15 is 0 Å². The first-order chi connectivity index (χ1) is 11.4. The fraction of sp³-hybridized carbons (Fsp3) is 0.200. The quantitative estimate of drug-likeness (QED) is 0.724. The summed E-state index contributed by atoms with van der Waals surface area (Å²) >= 11 is 1.02. The third-order valence-electron chi connectivity index (χ3n) is 2.95. The third-order valence-corrected chi connectivity index (χ3v) is 4.14. The Balaban J connectivity index is 2.04. The van der Waals surface area contributed by atoms with Gasteiger partial charge in [-0.3, -0.25) is 14.4 Å². The monoisotopic (exact) mass is 351 g/mol. The summed E-state index contributed by atoms with van der Waals surface area (Å²) in [6.45, 7) is 0.727. The number of aromatic nitrogens is 1. The van der Waals surface area contributed by atoms with Gasteiger partial charge in [0, 0.05) is 5.56 Å². The van der Waals surface area contributed by atoms with Crippen LogP contribution in [0.2, 0.25) is 0 Å². The number of carbonyl (C=O) groups is 3. The molecular formula is C15H14FN3O4S. The van der Waals surface area contributed by atoms with E-state index in [1.54, 1.807) is 25.1 Å². The number of nitrogens with zero attached hydrogens (tertiary/aromatic N) is 1. The van der Waals surface area contributed by atoms with Crippen molar-refractivity contribution in [3.8, 4) is 10.6 Å². The van der Waals surface area contributed by atoms with Gasteiger partial charge in [0.2, 0.25) is 5.91 Å². The van der Waals surface area contributed by atoms with Crippen molar-refractivity contribution in [2.45, 2.75) is 6.92 Å². The van der Waals surface area contributed by atoms with Crippen molar-refractivity contribution in [1.29, 1.82) is 0 Å². The Labute approximate surface area is 140 Å². The lowest BCUT2D eigenvalue weighted by Gasteiger charge is -2.04. The predicted octanol–water partition coefficient (Wildman–Crippen LogP) is 1.19. The molecule has 1 aromatic heterocycles. The summed E-state index contributed by atoms with van der Waals surface area (Å²) in [5.74, 6) is -2.77. The summed E-state index contributed by atoms with van der Waals surface area (Å²) < 4.78 is 13.8. The van der Waals surface area contributed by atoms with Crippen LogP contribution in [0.3, 0.4) is 0 Å². The van der Waals surface area contributed by atoms with Gasteiger partial charge in [0.05, 0.1) is 12.2 Å². The zero-order valence-corrected chi connectivity index (χ0v) is 13.4. The minimum atomic E-state index is -1.18. The Morgan fingerprint density at radius 3 is 2.58 bits per heavy atom. The molecule has 0 saturated heterocycles. The van der Waals surface area contributed by atoms with Gasteiger partial charge >= 0.3 is 5.97 Å². The number of halogens is 1. The van der Waals surface area contributed by atoms with Crippen LogP contribution in [-0.2, 0) is 9.59 Å². The lowest BCUT2D eigenvalue weighted by molar-refractivity contribution is -0.137. The predicted molar refractivity (Wildman–Crippen MR) is 85.2 cm³/mol. The number of carbonyl (C=O) groups excluding carboxylic acids is 2. The number of hydrogen-bond donors (Lipinski definition) is 3. The second-order valence-corrected chi connectivity index (χ2v) is 5.77. The molecule has 0 spiro atoms. The van der Waals surface area contributed by atoms with E-state index in [1.165, 1.54) is 6.07 Å². The molecule has 0 aliphatic carbocycles. The summed E-state index contributed by atoms with van der Waals surface area (Å²) in [6.07, 6.45) is 0. The van der Waals surface area contributed by atoms with Crippen molar-refractivity contribution in [2.75, 3.05) is 13.1 Å². The topological polar surface area (TPSA) is 108 Å². The molecule has 9 heteroatoms. The second-order valence-electron chi connectivity index (χ2n) is 4.77. The molecule has 0 aliphatic heterocycles. The van der Waals surface area contributed by atoms with Gasteiger partial charge in [0.1, 0.15) is 22.2 Å². The van der Waals surface area contributed by atoms with Gasteiger partial charge in [-0.1, -0.05) is 12.1 Å². The maximum Gasteiger partial charge on any atom is 0.322 e. The molecule has 0 aliphatic rings. The highest BCUT2D eigenvalue weighted by molar-refractivity contribution is 7.17. The number of nitrogens with one attached hydrogen (secondary N) is 2. The highest BCUT2D eigenvalue weighted by atomic mass is 32.1. The van der Waals surface area contributed by atoms with Crippen LogP contribution >= 0.6 is 11.3 Å². The van der Waals surface area contributed by atoms with Gasteiger partial charge in [-0.15, -0.1) is 11.3 Å². The van der Waals surface area contributed by atoms with Gasteiger partial charge in [0.25, 0.3) is 5.91 Å². The second kappa shape index (κ2) is 7.64. The Morgan fingerprint density at radius 2 is 1.92 bits per heavy atom. The van der Waals surface area contributed by atoms with Gasteiger partial charge in [-0.05, 0) is 19.1 Å². The normalized spacial score (nSPS) is 10.2. The summed E-state index contributed by atoms with van der Waals surface area (Å²) in [5, 5.41) is 13.3. The van der Waals surface area contributed by atoms with Gasteiger partial charge < -0.3 is 15.7 Å². The first-order valence-electron chi connectivity index (χ1n) is 6.87. The minimum absolute atomic E-state index is 0.263. The number of thiazole rings is 1. The number of amides is 2. The first-order valence-corrected chi connectivity index (χ1v) is 7.69. The van der Waals surface area contributed by atoms with Crippen molar-refractivity contribution < 1.29 is 23.9 Å². The van der Waals surface area contributed by atoms with Crippen molar-refractivity contribution in [2.24, 2.45) is 0 Å². The van der Waals surface area contributed by atoms with Crippen LogP contribution < -0.4 is 10.6 Å². The number of carboxylic acids is 1. The lowest BCUT2D eigenvalue weighted by atomic mass is 10.2. The van der Waals surface area contributed by atoms with Crippen LogP contribution in [-0.4, -0.2) is 41.0 Å². The Kier molecular flexibility index (Phi) is 5.59. The number of aliphatic carboxylic acids is 1. The summed E-state index contributed by atoms with van der Waals surface area (Å²) in [7, 11) is 0. The highest BCUT2D eigenvalue weighted by Gasteiger charge is 2.18. The van der Waals surface area contributed by atoms with Crippen LogP contribution in [0.25, 0.3) is 10.6 Å².